The highest BCUT2D eigenvalue weighted by Gasteiger charge is 2.55. The molecule has 3 heterocycles. The van der Waals surface area contributed by atoms with Crippen molar-refractivity contribution >= 4 is 23.5 Å². The summed E-state index contributed by atoms with van der Waals surface area (Å²) in [7, 11) is 0. The Kier molecular flexibility index (Phi) is 3.27. The van der Waals surface area contributed by atoms with Crippen LogP contribution in [0.4, 0.5) is 5.95 Å². The molecular weight excluding hydrogens is 304 g/mol. The number of anilines is 1. The lowest BCUT2D eigenvalue weighted by atomic mass is 10.0. The molecule has 0 aromatic carbocycles. The quantitative estimate of drug-likeness (QED) is 0.889. The van der Waals surface area contributed by atoms with E-state index in [1.54, 1.807) is 4.90 Å². The molecule has 1 spiro atoms. The van der Waals surface area contributed by atoms with Gasteiger partial charge in [-0.2, -0.15) is 0 Å². The Bertz CT molecular complexity index is 614. The third-order valence-electron chi connectivity index (χ3n) is 5.11. The Morgan fingerprint density at radius 3 is 2.73 bits per heavy atom. The second-order valence-electron chi connectivity index (χ2n) is 6.62. The highest BCUT2D eigenvalue weighted by molar-refractivity contribution is 6.33. The van der Waals surface area contributed by atoms with Gasteiger partial charge in [0.1, 0.15) is 0 Å². The molecule has 1 aromatic rings. The van der Waals surface area contributed by atoms with Gasteiger partial charge < -0.3 is 14.9 Å². The zero-order valence-electron chi connectivity index (χ0n) is 12.3. The van der Waals surface area contributed by atoms with Crippen molar-refractivity contribution in [2.45, 2.75) is 31.8 Å². The number of amides is 1. The summed E-state index contributed by atoms with van der Waals surface area (Å²) in [5, 5.41) is 10.4. The van der Waals surface area contributed by atoms with Crippen molar-refractivity contribution in [3.05, 3.63) is 16.9 Å². The molecule has 118 valence electrons. The Hall–Kier alpha value is -1.40. The number of likely N-dealkylation sites (tertiary alicyclic amines) is 1. The van der Waals surface area contributed by atoms with Gasteiger partial charge in [-0.05, 0) is 25.7 Å². The van der Waals surface area contributed by atoms with E-state index in [1.165, 1.54) is 6.20 Å². The lowest BCUT2D eigenvalue weighted by Gasteiger charge is -2.19. The van der Waals surface area contributed by atoms with Crippen molar-refractivity contribution < 1.29 is 9.90 Å². The number of carbonyl (C=O) groups is 1. The minimum Gasteiger partial charge on any atom is -0.391 e. The largest absolute Gasteiger partial charge is 0.391 e. The minimum atomic E-state index is -0.421. The Morgan fingerprint density at radius 2 is 2.09 bits per heavy atom. The number of aromatic nitrogens is 2. The SMILES string of the molecule is O=C(c1nc(N2CCCC2)ncc1Cl)N1CC(O)C2(CC2)C1. The maximum Gasteiger partial charge on any atom is 0.274 e. The van der Waals surface area contributed by atoms with Crippen LogP contribution in [-0.2, 0) is 0 Å². The summed E-state index contributed by atoms with van der Waals surface area (Å²) in [6, 6.07) is 0. The van der Waals surface area contributed by atoms with E-state index in [0.717, 1.165) is 38.8 Å². The Balaban J connectivity index is 1.58. The molecule has 7 heteroatoms. The number of halogens is 1. The standard InChI is InChI=1S/C15H19ClN4O2/c16-10-7-17-14(19-5-1-2-6-19)18-12(10)13(22)20-8-11(21)15(9-20)3-4-15/h7,11,21H,1-6,8-9H2. The number of aliphatic hydroxyl groups excluding tert-OH is 1. The third-order valence-corrected chi connectivity index (χ3v) is 5.38. The van der Waals surface area contributed by atoms with Crippen molar-refractivity contribution in [2.24, 2.45) is 5.41 Å². The first-order valence-corrected chi connectivity index (χ1v) is 8.22. The van der Waals surface area contributed by atoms with E-state index in [4.69, 9.17) is 11.6 Å². The van der Waals surface area contributed by atoms with Crippen LogP contribution in [0.5, 0.6) is 0 Å². The number of hydrogen-bond acceptors (Lipinski definition) is 5. The number of carbonyl (C=O) groups excluding carboxylic acids is 1. The lowest BCUT2D eigenvalue weighted by molar-refractivity contribution is 0.0759. The molecule has 2 aliphatic heterocycles. The van der Waals surface area contributed by atoms with E-state index >= 15 is 0 Å². The van der Waals surface area contributed by atoms with E-state index in [9.17, 15) is 9.90 Å². The minimum absolute atomic E-state index is 0.0626. The monoisotopic (exact) mass is 322 g/mol. The smallest absolute Gasteiger partial charge is 0.274 e. The molecule has 1 amide bonds. The van der Waals surface area contributed by atoms with Crippen LogP contribution in [-0.4, -0.2) is 58.2 Å². The summed E-state index contributed by atoms with van der Waals surface area (Å²) in [6.45, 7) is 2.81. The van der Waals surface area contributed by atoms with Crippen molar-refractivity contribution in [1.82, 2.24) is 14.9 Å². The molecule has 1 aliphatic carbocycles. The van der Waals surface area contributed by atoms with Crippen LogP contribution >= 0.6 is 11.6 Å². The molecule has 1 saturated carbocycles. The fourth-order valence-electron chi connectivity index (χ4n) is 3.49. The topological polar surface area (TPSA) is 69.6 Å². The molecular formula is C15H19ClN4O2. The number of β-amino-alcohol motifs (C(OH)–C–C–N with tert-alkyl or cyclic N) is 1. The van der Waals surface area contributed by atoms with Crippen LogP contribution in [0.1, 0.15) is 36.2 Å². The predicted octanol–water partition coefficient (Wildman–Crippen LogP) is 1.33. The summed E-state index contributed by atoms with van der Waals surface area (Å²) in [6.07, 6.45) is 5.32. The van der Waals surface area contributed by atoms with Gasteiger partial charge in [-0.25, -0.2) is 9.97 Å². The molecule has 0 radical (unpaired) electrons. The van der Waals surface area contributed by atoms with Crippen LogP contribution in [0.3, 0.4) is 0 Å². The van der Waals surface area contributed by atoms with Crippen molar-refractivity contribution in [1.29, 1.82) is 0 Å². The number of rotatable bonds is 2. The fraction of sp³-hybridized carbons (Fsp3) is 0.667. The molecule has 1 unspecified atom stereocenters. The van der Waals surface area contributed by atoms with E-state index in [-0.39, 0.29) is 22.0 Å². The summed E-state index contributed by atoms with van der Waals surface area (Å²) in [4.78, 5) is 25.1. The summed E-state index contributed by atoms with van der Waals surface area (Å²) >= 11 is 6.15. The first-order valence-electron chi connectivity index (χ1n) is 7.84. The van der Waals surface area contributed by atoms with E-state index in [2.05, 4.69) is 14.9 Å². The maximum absolute atomic E-state index is 12.7. The molecule has 6 nitrogen and oxygen atoms in total. The predicted molar refractivity (Wildman–Crippen MR) is 82.1 cm³/mol. The highest BCUT2D eigenvalue weighted by Crippen LogP contribution is 2.52. The third kappa shape index (κ3) is 2.25. The van der Waals surface area contributed by atoms with Crippen LogP contribution < -0.4 is 4.90 Å². The average Bonchev–Trinajstić information content (AvgIpc) is 2.95. The first-order chi connectivity index (χ1) is 10.6. The second-order valence-corrected chi connectivity index (χ2v) is 7.03. The molecule has 22 heavy (non-hydrogen) atoms. The zero-order valence-corrected chi connectivity index (χ0v) is 13.1. The molecule has 1 atom stereocenters. The normalized spacial score (nSPS) is 26.0. The summed E-state index contributed by atoms with van der Waals surface area (Å²) < 4.78 is 0. The lowest BCUT2D eigenvalue weighted by Crippen LogP contribution is -2.31. The van der Waals surface area contributed by atoms with Crippen LogP contribution in [0.25, 0.3) is 0 Å². The Morgan fingerprint density at radius 1 is 1.36 bits per heavy atom. The van der Waals surface area contributed by atoms with Crippen LogP contribution in [0.2, 0.25) is 5.02 Å². The van der Waals surface area contributed by atoms with Crippen molar-refractivity contribution in [3.8, 4) is 0 Å². The van der Waals surface area contributed by atoms with Crippen molar-refractivity contribution in [2.75, 3.05) is 31.1 Å². The second kappa shape index (κ2) is 5.06. The van der Waals surface area contributed by atoms with Gasteiger partial charge >= 0.3 is 0 Å². The molecule has 3 aliphatic rings. The van der Waals surface area contributed by atoms with Gasteiger partial charge in [-0.1, -0.05) is 11.6 Å². The van der Waals surface area contributed by atoms with E-state index < -0.39 is 6.10 Å². The maximum atomic E-state index is 12.7. The molecule has 1 aromatic heterocycles. The molecule has 2 saturated heterocycles. The fourth-order valence-corrected chi connectivity index (χ4v) is 3.66. The van der Waals surface area contributed by atoms with E-state index in [0.29, 0.717) is 19.0 Å². The van der Waals surface area contributed by atoms with Crippen LogP contribution in [0.15, 0.2) is 6.20 Å². The molecule has 4 rings (SSSR count). The van der Waals surface area contributed by atoms with Gasteiger partial charge in [0.05, 0.1) is 17.3 Å². The Labute approximate surface area is 134 Å². The van der Waals surface area contributed by atoms with Gasteiger partial charge in [-0.3, -0.25) is 4.79 Å². The number of aliphatic hydroxyl groups is 1. The molecule has 3 fully saturated rings. The summed E-state index contributed by atoms with van der Waals surface area (Å²) in [5.41, 5.74) is 0.191. The van der Waals surface area contributed by atoms with Gasteiger partial charge in [0, 0.05) is 31.6 Å². The highest BCUT2D eigenvalue weighted by atomic mass is 35.5. The van der Waals surface area contributed by atoms with Gasteiger partial charge in [0.15, 0.2) is 5.69 Å². The van der Waals surface area contributed by atoms with E-state index in [1.807, 2.05) is 0 Å². The van der Waals surface area contributed by atoms with Gasteiger partial charge in [-0.15, -0.1) is 0 Å². The molecule has 1 N–H and O–H groups in total. The zero-order chi connectivity index (χ0) is 15.3. The van der Waals surface area contributed by atoms with Crippen LogP contribution in [0, 0.1) is 5.41 Å². The first kappa shape index (κ1) is 14.2. The average molecular weight is 323 g/mol. The van der Waals surface area contributed by atoms with Crippen molar-refractivity contribution in [3.63, 3.8) is 0 Å². The number of nitrogens with zero attached hydrogens (tertiary/aromatic N) is 4. The number of hydrogen-bond donors (Lipinski definition) is 1. The van der Waals surface area contributed by atoms with Gasteiger partial charge in [0.2, 0.25) is 5.95 Å². The molecule has 0 bridgehead atoms. The van der Waals surface area contributed by atoms with Gasteiger partial charge in [0.25, 0.3) is 5.91 Å². The summed E-state index contributed by atoms with van der Waals surface area (Å²) in [5.74, 6) is 0.377.